The average Bonchev–Trinajstić information content (AvgIpc) is 3.09. The number of nitrogens with zero attached hydrogens (tertiary/aromatic N) is 5. The van der Waals surface area contributed by atoms with E-state index in [-0.39, 0.29) is 29.1 Å². The number of rotatable bonds is 5. The first-order valence-electron chi connectivity index (χ1n) is 7.99. The third kappa shape index (κ3) is 3.56. The number of carbonyl (C=O) groups is 1. The number of amides is 1. The van der Waals surface area contributed by atoms with Crippen molar-refractivity contribution in [3.63, 3.8) is 0 Å². The molecule has 0 bridgehead atoms. The molecule has 0 aliphatic heterocycles. The first-order valence-corrected chi connectivity index (χ1v) is 7.99. The SMILES string of the molecule is Cn1c(=O)c2[nH]c(CC(=O)N/N=C/c3ccc([N+](=O)[O-])cc3)nc2n(C)c1=O. The van der Waals surface area contributed by atoms with Crippen molar-refractivity contribution in [2.75, 3.05) is 0 Å². The van der Waals surface area contributed by atoms with Gasteiger partial charge in [0.25, 0.3) is 11.2 Å². The number of hydrogen-bond acceptors (Lipinski definition) is 7. The molecule has 1 amide bonds. The molecule has 3 aromatic rings. The summed E-state index contributed by atoms with van der Waals surface area (Å²) in [4.78, 5) is 53.0. The molecule has 0 aliphatic rings. The molecule has 0 aliphatic carbocycles. The third-order valence-corrected chi connectivity index (χ3v) is 3.98. The molecule has 0 unspecified atom stereocenters. The Labute approximate surface area is 156 Å². The number of carbonyl (C=O) groups excluding carboxylic acids is 1. The van der Waals surface area contributed by atoms with Gasteiger partial charge < -0.3 is 4.98 Å². The number of hydrazone groups is 1. The fourth-order valence-electron chi connectivity index (χ4n) is 2.51. The van der Waals surface area contributed by atoms with E-state index in [9.17, 15) is 24.5 Å². The number of aromatic nitrogens is 4. The van der Waals surface area contributed by atoms with Crippen molar-refractivity contribution in [3.8, 4) is 0 Å². The predicted octanol–water partition coefficient (Wildman–Crippen LogP) is -0.439. The van der Waals surface area contributed by atoms with Crippen LogP contribution >= 0.6 is 0 Å². The maximum atomic E-state index is 12.1. The number of aryl methyl sites for hydroxylation is 1. The molecule has 2 aromatic heterocycles. The molecular weight excluding hydrogens is 370 g/mol. The van der Waals surface area contributed by atoms with Crippen LogP contribution in [-0.2, 0) is 25.3 Å². The van der Waals surface area contributed by atoms with E-state index in [0.29, 0.717) is 5.56 Å². The zero-order valence-corrected chi connectivity index (χ0v) is 14.9. The van der Waals surface area contributed by atoms with Crippen LogP contribution in [0.5, 0.6) is 0 Å². The number of aromatic amines is 1. The number of non-ortho nitro benzene ring substituents is 1. The molecule has 2 N–H and O–H groups in total. The van der Waals surface area contributed by atoms with Crippen molar-refractivity contribution in [3.05, 3.63) is 66.6 Å². The summed E-state index contributed by atoms with van der Waals surface area (Å²) < 4.78 is 2.15. The van der Waals surface area contributed by atoms with Crippen LogP contribution in [0.3, 0.4) is 0 Å². The van der Waals surface area contributed by atoms with Gasteiger partial charge in [-0.25, -0.2) is 15.2 Å². The molecular formula is C16H15N7O5. The van der Waals surface area contributed by atoms with Gasteiger partial charge >= 0.3 is 5.69 Å². The van der Waals surface area contributed by atoms with E-state index in [1.807, 2.05) is 0 Å². The number of benzene rings is 1. The molecule has 144 valence electrons. The summed E-state index contributed by atoms with van der Waals surface area (Å²) in [5.41, 5.74) is 2.04. The Morgan fingerprint density at radius 1 is 1.29 bits per heavy atom. The predicted molar refractivity (Wildman–Crippen MR) is 99.1 cm³/mol. The molecule has 12 heteroatoms. The molecule has 12 nitrogen and oxygen atoms in total. The number of nitro groups is 1. The van der Waals surface area contributed by atoms with E-state index < -0.39 is 22.1 Å². The normalized spacial score (nSPS) is 11.2. The molecule has 0 spiro atoms. The van der Waals surface area contributed by atoms with Crippen LogP contribution in [0.1, 0.15) is 11.4 Å². The maximum Gasteiger partial charge on any atom is 0.332 e. The number of hydrogen-bond donors (Lipinski definition) is 2. The van der Waals surface area contributed by atoms with Gasteiger partial charge in [0, 0.05) is 26.2 Å². The highest BCUT2D eigenvalue weighted by molar-refractivity contribution is 5.83. The minimum absolute atomic E-state index is 0.0494. The number of imidazole rings is 1. The fraction of sp³-hybridized carbons (Fsp3) is 0.188. The Hall–Kier alpha value is -4.09. The van der Waals surface area contributed by atoms with Crippen LogP contribution in [0, 0.1) is 10.1 Å². The highest BCUT2D eigenvalue weighted by Gasteiger charge is 2.15. The molecule has 1 aromatic carbocycles. The van der Waals surface area contributed by atoms with Crippen LogP contribution in [0.4, 0.5) is 5.69 Å². The zero-order chi connectivity index (χ0) is 20.4. The van der Waals surface area contributed by atoms with Crippen molar-refractivity contribution in [2.45, 2.75) is 6.42 Å². The minimum atomic E-state index is -0.534. The van der Waals surface area contributed by atoms with Gasteiger partial charge in [-0.2, -0.15) is 5.10 Å². The van der Waals surface area contributed by atoms with Crippen LogP contribution in [0.25, 0.3) is 11.2 Å². The van der Waals surface area contributed by atoms with Gasteiger partial charge in [-0.3, -0.25) is 28.8 Å². The summed E-state index contributed by atoms with van der Waals surface area (Å²) in [7, 11) is 2.83. The lowest BCUT2D eigenvalue weighted by Crippen LogP contribution is -2.36. The summed E-state index contributed by atoms with van der Waals surface area (Å²) in [5.74, 6) is -0.296. The van der Waals surface area contributed by atoms with E-state index in [1.54, 1.807) is 0 Å². The standard InChI is InChI=1S/C16H15N7O5/c1-21-14-13(15(25)22(2)16(21)26)18-11(19-14)7-12(24)20-17-8-9-3-5-10(6-4-9)23(27)28/h3-6,8H,7H2,1-2H3,(H,18,19)(H,20,24)/b17-8+. The second-order valence-electron chi connectivity index (χ2n) is 5.91. The Morgan fingerprint density at radius 3 is 2.61 bits per heavy atom. The van der Waals surface area contributed by atoms with E-state index >= 15 is 0 Å². The van der Waals surface area contributed by atoms with E-state index in [2.05, 4.69) is 20.5 Å². The van der Waals surface area contributed by atoms with Crippen LogP contribution in [0.2, 0.25) is 0 Å². The lowest BCUT2D eigenvalue weighted by Gasteiger charge is -2.00. The van der Waals surface area contributed by atoms with Crippen LogP contribution in [0.15, 0.2) is 39.0 Å². The first kappa shape index (κ1) is 18.7. The summed E-state index contributed by atoms with van der Waals surface area (Å²) in [6, 6.07) is 5.62. The van der Waals surface area contributed by atoms with Gasteiger partial charge in [-0.1, -0.05) is 0 Å². The monoisotopic (exact) mass is 385 g/mol. The second kappa shape index (κ2) is 7.26. The molecule has 0 atom stereocenters. The lowest BCUT2D eigenvalue weighted by atomic mass is 10.2. The quantitative estimate of drug-likeness (QED) is 0.344. The number of fused-ring (bicyclic) bond motifs is 1. The van der Waals surface area contributed by atoms with Crippen molar-refractivity contribution in [2.24, 2.45) is 19.2 Å². The van der Waals surface area contributed by atoms with Crippen molar-refractivity contribution >= 4 is 29.0 Å². The maximum absolute atomic E-state index is 12.1. The van der Waals surface area contributed by atoms with Gasteiger partial charge in [0.1, 0.15) is 11.3 Å². The summed E-state index contributed by atoms with van der Waals surface area (Å²) >= 11 is 0. The number of nitrogens with one attached hydrogen (secondary N) is 2. The van der Waals surface area contributed by atoms with E-state index in [0.717, 1.165) is 4.57 Å². The van der Waals surface area contributed by atoms with Crippen LogP contribution < -0.4 is 16.7 Å². The summed E-state index contributed by atoms with van der Waals surface area (Å²) in [6.45, 7) is 0. The molecule has 28 heavy (non-hydrogen) atoms. The summed E-state index contributed by atoms with van der Waals surface area (Å²) in [5, 5.41) is 14.4. The smallest absolute Gasteiger partial charge is 0.332 e. The van der Waals surface area contributed by atoms with E-state index in [1.165, 1.54) is 49.1 Å². The molecule has 0 radical (unpaired) electrons. The molecule has 3 rings (SSSR count). The largest absolute Gasteiger partial charge is 0.336 e. The molecule has 0 fully saturated rings. The average molecular weight is 385 g/mol. The van der Waals surface area contributed by atoms with Gasteiger partial charge in [0.15, 0.2) is 5.65 Å². The van der Waals surface area contributed by atoms with Crippen molar-refractivity contribution < 1.29 is 9.72 Å². The fourth-order valence-corrected chi connectivity index (χ4v) is 2.51. The van der Waals surface area contributed by atoms with Gasteiger partial charge in [-0.05, 0) is 17.7 Å². The highest BCUT2D eigenvalue weighted by atomic mass is 16.6. The Kier molecular flexibility index (Phi) is 4.85. The topological polar surface area (TPSA) is 157 Å². The van der Waals surface area contributed by atoms with Crippen LogP contribution in [-0.4, -0.2) is 36.1 Å². The Bertz CT molecular complexity index is 1220. The van der Waals surface area contributed by atoms with Crippen molar-refractivity contribution in [1.29, 1.82) is 0 Å². The van der Waals surface area contributed by atoms with Gasteiger partial charge in [0.05, 0.1) is 17.6 Å². The van der Waals surface area contributed by atoms with E-state index in [4.69, 9.17) is 0 Å². The Balaban J connectivity index is 1.70. The molecule has 0 saturated heterocycles. The molecule has 2 heterocycles. The number of nitro benzene ring substituents is 1. The van der Waals surface area contributed by atoms with Crippen molar-refractivity contribution in [1.82, 2.24) is 24.5 Å². The van der Waals surface area contributed by atoms with Gasteiger partial charge in [-0.15, -0.1) is 0 Å². The first-order chi connectivity index (χ1) is 13.3. The third-order valence-electron chi connectivity index (χ3n) is 3.98. The second-order valence-corrected chi connectivity index (χ2v) is 5.91. The minimum Gasteiger partial charge on any atom is -0.336 e. The Morgan fingerprint density at radius 2 is 1.96 bits per heavy atom. The summed E-state index contributed by atoms with van der Waals surface area (Å²) in [6.07, 6.45) is 1.14. The highest BCUT2D eigenvalue weighted by Crippen LogP contribution is 2.10. The number of H-pyrrole nitrogens is 1. The zero-order valence-electron chi connectivity index (χ0n) is 14.9. The van der Waals surface area contributed by atoms with Gasteiger partial charge in [0.2, 0.25) is 5.91 Å². The lowest BCUT2D eigenvalue weighted by molar-refractivity contribution is -0.384. The molecule has 0 saturated carbocycles.